The molecule has 5 rings (SSSR count). The number of anilines is 1. The van der Waals surface area contributed by atoms with Crippen LogP contribution in [0.25, 0.3) is 20.2 Å². The lowest BCUT2D eigenvalue weighted by Gasteiger charge is -2.32. The van der Waals surface area contributed by atoms with Crippen LogP contribution in [0.5, 0.6) is 11.5 Å². The molecule has 2 heterocycles. The summed E-state index contributed by atoms with van der Waals surface area (Å²) in [6, 6.07) is 19.7. The van der Waals surface area contributed by atoms with Gasteiger partial charge in [0.1, 0.15) is 24.7 Å². The van der Waals surface area contributed by atoms with Crippen LogP contribution in [0.15, 0.2) is 60.7 Å². The van der Waals surface area contributed by atoms with Gasteiger partial charge in [-0.15, -0.1) is 11.3 Å². The number of nitrogens with zero attached hydrogens (tertiary/aromatic N) is 2. The number of rotatable bonds is 9. The SMILES string of the molecule is CN(C)S(=O)(=O)N1CCOc2ccc([C@@H](O)CNCCOc3ccc4c(c3)sc3ccccc34)cc21. The zero-order valence-corrected chi connectivity index (χ0v) is 21.8. The summed E-state index contributed by atoms with van der Waals surface area (Å²) in [5.41, 5.74) is 1.05. The molecule has 0 saturated carbocycles. The van der Waals surface area contributed by atoms with Crippen molar-refractivity contribution < 1.29 is 23.0 Å². The highest BCUT2D eigenvalue weighted by molar-refractivity contribution is 7.90. The number of aliphatic hydroxyl groups excluding tert-OH is 1. The van der Waals surface area contributed by atoms with Gasteiger partial charge in [0.2, 0.25) is 0 Å². The summed E-state index contributed by atoms with van der Waals surface area (Å²) in [5.74, 6) is 1.30. The Kier molecular flexibility index (Phi) is 7.05. The van der Waals surface area contributed by atoms with Gasteiger partial charge in [-0.3, -0.25) is 4.31 Å². The number of ether oxygens (including phenoxy) is 2. The molecular formula is C26H29N3O5S2. The minimum Gasteiger partial charge on any atom is -0.492 e. The van der Waals surface area contributed by atoms with Gasteiger partial charge in [-0.25, -0.2) is 0 Å². The molecule has 0 unspecified atom stereocenters. The van der Waals surface area contributed by atoms with Gasteiger partial charge in [-0.1, -0.05) is 24.3 Å². The molecule has 10 heteroatoms. The normalized spacial score (nSPS) is 14.7. The summed E-state index contributed by atoms with van der Waals surface area (Å²) in [4.78, 5) is 0. The van der Waals surface area contributed by atoms with Crippen LogP contribution in [0.3, 0.4) is 0 Å². The maximum atomic E-state index is 12.7. The second kappa shape index (κ2) is 10.2. The molecule has 1 aliphatic rings. The summed E-state index contributed by atoms with van der Waals surface area (Å²) in [6.07, 6.45) is -0.809. The standard InChI is InChI=1S/C26H29N3O5S2/c1-28(2)36(31,32)29-12-14-34-24-10-7-18(15-22(24)29)23(30)17-27-11-13-33-19-8-9-21-20-5-3-4-6-25(20)35-26(21)16-19/h3-10,15-16,23,27,30H,11-14,17H2,1-2H3/t23-/m0/s1. The largest absolute Gasteiger partial charge is 0.492 e. The zero-order chi connectivity index (χ0) is 25.3. The maximum absolute atomic E-state index is 12.7. The Morgan fingerprint density at radius 1 is 1.11 bits per heavy atom. The predicted octanol–water partition coefficient (Wildman–Crippen LogP) is 3.76. The molecule has 1 atom stereocenters. The number of fused-ring (bicyclic) bond motifs is 4. The first-order chi connectivity index (χ1) is 17.3. The van der Waals surface area contributed by atoms with E-state index in [4.69, 9.17) is 9.47 Å². The van der Waals surface area contributed by atoms with Crippen molar-refractivity contribution in [2.24, 2.45) is 0 Å². The van der Waals surface area contributed by atoms with E-state index in [1.807, 2.05) is 6.07 Å². The van der Waals surface area contributed by atoms with Crippen LogP contribution in [0.1, 0.15) is 11.7 Å². The van der Waals surface area contributed by atoms with Crippen LogP contribution in [-0.2, 0) is 10.2 Å². The van der Waals surface area contributed by atoms with E-state index in [1.165, 1.54) is 42.9 Å². The van der Waals surface area contributed by atoms with Crippen LogP contribution in [-0.4, -0.2) is 64.8 Å². The predicted molar refractivity (Wildman–Crippen MR) is 145 cm³/mol. The molecule has 0 fully saturated rings. The van der Waals surface area contributed by atoms with Crippen LogP contribution in [0.4, 0.5) is 5.69 Å². The average Bonchev–Trinajstić information content (AvgIpc) is 3.25. The van der Waals surface area contributed by atoms with Crippen molar-refractivity contribution in [2.75, 3.05) is 51.2 Å². The molecule has 1 aromatic heterocycles. The fraction of sp³-hybridized carbons (Fsp3) is 0.308. The Hall–Kier alpha value is -2.89. The maximum Gasteiger partial charge on any atom is 0.303 e. The van der Waals surface area contributed by atoms with E-state index in [-0.39, 0.29) is 13.2 Å². The summed E-state index contributed by atoms with van der Waals surface area (Å²) in [5, 5.41) is 16.4. The number of nitrogens with one attached hydrogen (secondary N) is 1. The number of benzene rings is 3. The summed E-state index contributed by atoms with van der Waals surface area (Å²) in [7, 11) is -0.663. The molecule has 0 spiro atoms. The van der Waals surface area contributed by atoms with E-state index >= 15 is 0 Å². The minimum absolute atomic E-state index is 0.218. The fourth-order valence-electron chi connectivity index (χ4n) is 4.25. The average molecular weight is 528 g/mol. The number of thiophene rings is 1. The molecule has 0 radical (unpaired) electrons. The summed E-state index contributed by atoms with van der Waals surface area (Å²) in [6.45, 7) is 1.81. The van der Waals surface area contributed by atoms with Crippen LogP contribution in [0.2, 0.25) is 0 Å². The molecule has 36 heavy (non-hydrogen) atoms. The van der Waals surface area contributed by atoms with Gasteiger partial charge >= 0.3 is 10.2 Å². The van der Waals surface area contributed by atoms with Crippen molar-refractivity contribution in [3.63, 3.8) is 0 Å². The Morgan fingerprint density at radius 2 is 1.92 bits per heavy atom. The Balaban J connectivity index is 1.17. The van der Waals surface area contributed by atoms with Crippen molar-refractivity contribution in [1.82, 2.24) is 9.62 Å². The quantitative estimate of drug-likeness (QED) is 0.322. The van der Waals surface area contributed by atoms with Gasteiger partial charge in [0.15, 0.2) is 0 Å². The third kappa shape index (κ3) is 4.87. The van der Waals surface area contributed by atoms with E-state index in [9.17, 15) is 13.5 Å². The fourth-order valence-corrected chi connectivity index (χ4v) is 6.47. The lowest BCUT2D eigenvalue weighted by molar-refractivity contribution is 0.172. The number of hydrogen-bond donors (Lipinski definition) is 2. The van der Waals surface area contributed by atoms with Crippen LogP contribution >= 0.6 is 11.3 Å². The highest BCUT2D eigenvalue weighted by atomic mass is 32.2. The van der Waals surface area contributed by atoms with Crippen molar-refractivity contribution in [1.29, 1.82) is 0 Å². The third-order valence-electron chi connectivity index (χ3n) is 6.16. The molecule has 1 aliphatic heterocycles. The number of aliphatic hydroxyl groups is 1. The molecule has 0 amide bonds. The molecule has 4 aromatic rings. The van der Waals surface area contributed by atoms with Gasteiger partial charge in [-0.2, -0.15) is 12.7 Å². The first kappa shape index (κ1) is 24.8. The van der Waals surface area contributed by atoms with Crippen LogP contribution in [0, 0.1) is 0 Å². The van der Waals surface area contributed by atoms with Gasteiger partial charge in [0.05, 0.1) is 18.3 Å². The Morgan fingerprint density at radius 3 is 2.75 bits per heavy atom. The molecule has 0 bridgehead atoms. The van der Waals surface area contributed by atoms with Crippen molar-refractivity contribution in [3.8, 4) is 11.5 Å². The topological polar surface area (TPSA) is 91.3 Å². The molecule has 0 saturated heterocycles. The van der Waals surface area contributed by atoms with E-state index in [2.05, 4.69) is 41.7 Å². The molecule has 190 valence electrons. The number of hydrogen-bond acceptors (Lipinski definition) is 7. The van der Waals surface area contributed by atoms with Gasteiger partial charge in [-0.05, 0) is 42.0 Å². The second-order valence-electron chi connectivity index (χ2n) is 8.76. The summed E-state index contributed by atoms with van der Waals surface area (Å²) >= 11 is 1.75. The van der Waals surface area contributed by atoms with E-state index in [0.717, 1.165) is 5.75 Å². The molecular weight excluding hydrogens is 498 g/mol. The smallest absolute Gasteiger partial charge is 0.303 e. The lowest BCUT2D eigenvalue weighted by atomic mass is 10.1. The van der Waals surface area contributed by atoms with Gasteiger partial charge in [0, 0.05) is 47.4 Å². The van der Waals surface area contributed by atoms with E-state index in [1.54, 1.807) is 29.5 Å². The zero-order valence-electron chi connectivity index (χ0n) is 20.2. The van der Waals surface area contributed by atoms with Gasteiger partial charge < -0.3 is 19.9 Å². The highest BCUT2D eigenvalue weighted by Gasteiger charge is 2.31. The first-order valence-corrected chi connectivity index (χ1v) is 14.0. The lowest BCUT2D eigenvalue weighted by Crippen LogP contribution is -2.44. The van der Waals surface area contributed by atoms with E-state index < -0.39 is 16.3 Å². The highest BCUT2D eigenvalue weighted by Crippen LogP contribution is 2.37. The van der Waals surface area contributed by atoms with Crippen molar-refractivity contribution in [2.45, 2.75) is 6.10 Å². The molecule has 3 aromatic carbocycles. The van der Waals surface area contributed by atoms with Crippen LogP contribution < -0.4 is 19.1 Å². The first-order valence-electron chi connectivity index (χ1n) is 11.7. The van der Waals surface area contributed by atoms with E-state index in [0.29, 0.717) is 36.7 Å². The monoisotopic (exact) mass is 527 g/mol. The second-order valence-corrected chi connectivity index (χ2v) is 11.9. The molecule has 0 aliphatic carbocycles. The summed E-state index contributed by atoms with van der Waals surface area (Å²) < 4.78 is 41.9. The van der Waals surface area contributed by atoms with Crippen molar-refractivity contribution in [3.05, 3.63) is 66.2 Å². The van der Waals surface area contributed by atoms with Gasteiger partial charge in [0.25, 0.3) is 0 Å². The Labute approximate surface area is 214 Å². The third-order valence-corrected chi connectivity index (χ3v) is 9.16. The van der Waals surface area contributed by atoms with Crippen molar-refractivity contribution >= 4 is 47.4 Å². The molecule has 2 N–H and O–H groups in total. The molecule has 8 nitrogen and oxygen atoms in total. The Bertz CT molecular complexity index is 1490. The minimum atomic E-state index is -3.65.